The number of nitrogens with zero attached hydrogens (tertiary/aromatic N) is 3. The average molecular weight is 776 g/mol. The zero-order valence-electron chi connectivity index (χ0n) is 34.5. The molecule has 0 spiro atoms. The summed E-state index contributed by atoms with van der Waals surface area (Å²) >= 11 is 0. The van der Waals surface area contributed by atoms with Crippen LogP contribution in [0.4, 0.5) is 0 Å². The van der Waals surface area contributed by atoms with Gasteiger partial charge in [-0.1, -0.05) is 178 Å². The molecule has 0 amide bonds. The monoisotopic (exact) mass is 775 g/mol. The summed E-state index contributed by atoms with van der Waals surface area (Å²) in [5.41, 5.74) is 13.2. The maximum Gasteiger partial charge on any atom is 0.0802 e. The third-order valence-electron chi connectivity index (χ3n) is 10.4. The summed E-state index contributed by atoms with van der Waals surface area (Å²) < 4.78 is 4.70. The van der Waals surface area contributed by atoms with Gasteiger partial charge in [-0.15, -0.1) is 6.58 Å². The molecule has 0 saturated heterocycles. The fourth-order valence-corrected chi connectivity index (χ4v) is 7.94. The van der Waals surface area contributed by atoms with E-state index in [9.17, 15) is 0 Å². The Labute approximate surface area is 353 Å². The lowest BCUT2D eigenvalue weighted by Gasteiger charge is -2.09. The van der Waals surface area contributed by atoms with E-state index in [1.165, 1.54) is 83.4 Å². The Morgan fingerprint density at radius 2 is 0.900 bits per heavy atom. The largest absolute Gasteiger partial charge is 0.309 e. The van der Waals surface area contributed by atoms with Gasteiger partial charge in [0.25, 0.3) is 0 Å². The summed E-state index contributed by atoms with van der Waals surface area (Å²) in [5, 5.41) is 6.20. The summed E-state index contributed by atoms with van der Waals surface area (Å²) in [6.45, 7) is 9.50. The lowest BCUT2D eigenvalue weighted by molar-refractivity contribution is 1.09. The first-order chi connectivity index (χ1) is 29.6. The summed E-state index contributed by atoms with van der Waals surface area (Å²) in [6, 6.07) is 72.9. The van der Waals surface area contributed by atoms with Crippen LogP contribution in [0.15, 0.2) is 225 Å². The van der Waals surface area contributed by atoms with Crippen LogP contribution in [0, 0.1) is 0 Å². The number of aromatic nitrogens is 3. The van der Waals surface area contributed by atoms with Crippen molar-refractivity contribution in [1.82, 2.24) is 14.1 Å². The highest BCUT2D eigenvalue weighted by Crippen LogP contribution is 2.38. The van der Waals surface area contributed by atoms with Crippen LogP contribution in [0.5, 0.6) is 0 Å². The quantitative estimate of drug-likeness (QED) is 0.163. The Morgan fingerprint density at radius 3 is 1.50 bits per heavy atom. The zero-order valence-corrected chi connectivity index (χ0v) is 34.5. The molecule has 3 heterocycles. The second kappa shape index (κ2) is 18.4. The second-order valence-corrected chi connectivity index (χ2v) is 14.7. The van der Waals surface area contributed by atoms with Gasteiger partial charge in [-0.3, -0.25) is 4.98 Å². The maximum atomic E-state index is 4.73. The molecule has 0 N–H and O–H groups in total. The molecular weight excluding hydrogens is 727 g/mol. The average Bonchev–Trinajstić information content (AvgIpc) is 3.84. The van der Waals surface area contributed by atoms with Gasteiger partial charge in [0.15, 0.2) is 0 Å². The SMILES string of the molecule is C=CC.CCC.c1ccc(-c2ccc(-n3c4ccccc4c4ccccc43)cc2)cc1.c1ccc(-c2ccc3c4c5ncccc5ccc4n(-c4ccccc4)c3c2)cc1. The highest BCUT2D eigenvalue weighted by atomic mass is 15.0. The van der Waals surface area contributed by atoms with E-state index < -0.39 is 0 Å². The number of hydrogen-bond donors (Lipinski definition) is 0. The first kappa shape index (κ1) is 39.3. The number of hydrogen-bond acceptors (Lipinski definition) is 1. The van der Waals surface area contributed by atoms with Crippen LogP contribution in [0.25, 0.3) is 88.1 Å². The van der Waals surface area contributed by atoms with Gasteiger partial charge in [0.2, 0.25) is 0 Å². The van der Waals surface area contributed by atoms with E-state index in [1.807, 2.05) is 19.2 Å². The lowest BCUT2D eigenvalue weighted by atomic mass is 10.0. The molecule has 0 aliphatic carbocycles. The highest BCUT2D eigenvalue weighted by Gasteiger charge is 2.16. The molecular formula is C57H49N3. The van der Waals surface area contributed by atoms with E-state index in [0.717, 1.165) is 11.2 Å². The Kier molecular flexibility index (Phi) is 12.1. The minimum atomic E-state index is 1.05. The molecule has 0 unspecified atom stereocenters. The van der Waals surface area contributed by atoms with Crippen molar-refractivity contribution < 1.29 is 0 Å². The summed E-state index contributed by atoms with van der Waals surface area (Å²) in [6.07, 6.45) is 4.88. The first-order valence-corrected chi connectivity index (χ1v) is 20.8. The number of fused-ring (bicyclic) bond motifs is 8. The van der Waals surface area contributed by atoms with Crippen molar-refractivity contribution in [3.8, 4) is 33.6 Å². The molecule has 0 aliphatic rings. The van der Waals surface area contributed by atoms with E-state index >= 15 is 0 Å². The zero-order chi connectivity index (χ0) is 41.3. The van der Waals surface area contributed by atoms with Crippen LogP contribution in [0.2, 0.25) is 0 Å². The number of allylic oxidation sites excluding steroid dienone is 1. The van der Waals surface area contributed by atoms with E-state index in [1.54, 1.807) is 6.08 Å². The molecule has 3 heteroatoms. The van der Waals surface area contributed by atoms with Crippen LogP contribution >= 0.6 is 0 Å². The number of pyridine rings is 1. The predicted octanol–water partition coefficient (Wildman–Crippen LogP) is 16.1. The smallest absolute Gasteiger partial charge is 0.0802 e. The van der Waals surface area contributed by atoms with Crippen LogP contribution < -0.4 is 0 Å². The molecule has 11 rings (SSSR count). The van der Waals surface area contributed by atoms with Crippen LogP contribution in [-0.2, 0) is 0 Å². The predicted molar refractivity (Wildman–Crippen MR) is 260 cm³/mol. The minimum absolute atomic E-state index is 1.05. The fourth-order valence-electron chi connectivity index (χ4n) is 7.94. The summed E-state index contributed by atoms with van der Waals surface area (Å²) in [7, 11) is 0. The molecule has 0 fully saturated rings. The standard InChI is InChI=1S/C27H18N2.C24H17N.C3H8.C3H6/c1-3-8-19(9-4-1)21-13-15-23-25(18-21)29(22-11-5-2-6-12-22)24-16-14-20-10-7-17-28-27(20)26(23)24;1-2-8-18(9-3-1)19-14-16-20(17-15-19)25-23-12-6-4-10-21(23)22-11-5-7-13-24(22)25;2*1-3-2/h1-18H;1-17H;3H2,1-2H3;3H,1H2,2H3. The fraction of sp³-hybridized carbons (Fsp3) is 0.0702. The number of benzene rings is 8. The molecule has 0 atom stereocenters. The van der Waals surface area contributed by atoms with Crippen molar-refractivity contribution in [2.24, 2.45) is 0 Å². The van der Waals surface area contributed by atoms with Gasteiger partial charge < -0.3 is 9.13 Å². The molecule has 0 aliphatic heterocycles. The molecule has 0 radical (unpaired) electrons. The molecule has 3 aromatic heterocycles. The Bertz CT molecular complexity index is 3090. The normalized spacial score (nSPS) is 10.7. The molecule has 60 heavy (non-hydrogen) atoms. The van der Waals surface area contributed by atoms with Gasteiger partial charge in [0, 0.05) is 44.5 Å². The highest BCUT2D eigenvalue weighted by molar-refractivity contribution is 6.20. The van der Waals surface area contributed by atoms with Crippen LogP contribution in [0.1, 0.15) is 27.2 Å². The molecule has 11 aromatic rings. The Balaban J connectivity index is 0.000000149. The van der Waals surface area contributed by atoms with Crippen molar-refractivity contribution in [2.75, 3.05) is 0 Å². The van der Waals surface area contributed by atoms with Crippen molar-refractivity contribution >= 4 is 54.5 Å². The maximum absolute atomic E-state index is 4.73. The van der Waals surface area contributed by atoms with Gasteiger partial charge in [0.05, 0.1) is 27.6 Å². The van der Waals surface area contributed by atoms with Gasteiger partial charge in [-0.2, -0.15) is 0 Å². The number of rotatable bonds is 4. The molecule has 8 aromatic carbocycles. The summed E-state index contributed by atoms with van der Waals surface area (Å²) in [4.78, 5) is 4.73. The topological polar surface area (TPSA) is 22.8 Å². The Hall–Kier alpha value is -7.49. The van der Waals surface area contributed by atoms with Gasteiger partial charge in [-0.05, 0) is 83.8 Å². The molecule has 3 nitrogen and oxygen atoms in total. The second-order valence-electron chi connectivity index (χ2n) is 14.7. The molecule has 292 valence electrons. The van der Waals surface area contributed by atoms with Gasteiger partial charge in [-0.25, -0.2) is 0 Å². The number of para-hydroxylation sites is 3. The van der Waals surface area contributed by atoms with Crippen LogP contribution in [0.3, 0.4) is 0 Å². The van der Waals surface area contributed by atoms with Crippen molar-refractivity contribution in [2.45, 2.75) is 27.2 Å². The van der Waals surface area contributed by atoms with Crippen molar-refractivity contribution in [1.29, 1.82) is 0 Å². The Morgan fingerprint density at radius 1 is 0.433 bits per heavy atom. The van der Waals surface area contributed by atoms with E-state index in [0.29, 0.717) is 0 Å². The van der Waals surface area contributed by atoms with E-state index in [2.05, 4.69) is 230 Å². The first-order valence-electron chi connectivity index (χ1n) is 20.8. The van der Waals surface area contributed by atoms with Crippen molar-refractivity contribution in [3.05, 3.63) is 225 Å². The molecule has 0 bridgehead atoms. The minimum Gasteiger partial charge on any atom is -0.309 e. The molecule has 0 saturated carbocycles. The van der Waals surface area contributed by atoms with Crippen LogP contribution in [-0.4, -0.2) is 14.1 Å². The lowest BCUT2D eigenvalue weighted by Crippen LogP contribution is -1.93. The van der Waals surface area contributed by atoms with E-state index in [4.69, 9.17) is 4.98 Å². The summed E-state index contributed by atoms with van der Waals surface area (Å²) in [5.74, 6) is 0. The third-order valence-corrected chi connectivity index (χ3v) is 10.4. The van der Waals surface area contributed by atoms with Gasteiger partial charge in [0.1, 0.15) is 0 Å². The van der Waals surface area contributed by atoms with Crippen molar-refractivity contribution in [3.63, 3.8) is 0 Å². The third kappa shape index (κ3) is 7.86. The van der Waals surface area contributed by atoms with Gasteiger partial charge >= 0.3 is 0 Å². The van der Waals surface area contributed by atoms with E-state index in [-0.39, 0.29) is 0 Å².